The Balaban J connectivity index is 1.78. The molecular formula is C23H27NO5S. The summed E-state index contributed by atoms with van der Waals surface area (Å²) in [4.78, 5) is 13.2. The van der Waals surface area contributed by atoms with E-state index in [0.717, 1.165) is 5.56 Å². The summed E-state index contributed by atoms with van der Waals surface area (Å²) >= 11 is 0. The molecule has 2 aliphatic heterocycles. The average molecular weight is 430 g/mol. The second-order valence-electron chi connectivity index (χ2n) is 9.28. The molecule has 7 heteroatoms. The third-order valence-electron chi connectivity index (χ3n) is 5.96. The number of carbonyl (C=O) groups excluding carboxylic acids is 1. The summed E-state index contributed by atoms with van der Waals surface area (Å²) < 4.78 is 38.4. The van der Waals surface area contributed by atoms with Crippen molar-refractivity contribution >= 4 is 15.7 Å². The highest BCUT2D eigenvalue weighted by atomic mass is 32.2. The molecule has 2 aromatic rings. The second kappa shape index (κ2) is 6.74. The second-order valence-corrected chi connectivity index (χ2v) is 11.3. The van der Waals surface area contributed by atoms with Gasteiger partial charge in [0, 0.05) is 18.4 Å². The number of rotatable bonds is 3. The SMILES string of the molecule is COc1ccc2c(c1)O[C@@]1(C)C[C@H]2[C@@H](S(=O)(=O)c2ccc(C(C)(C)C)cc2)C(=O)N1. The maximum atomic E-state index is 13.6. The summed E-state index contributed by atoms with van der Waals surface area (Å²) in [5, 5.41) is 1.56. The first-order chi connectivity index (χ1) is 13.9. The third-order valence-corrected chi connectivity index (χ3v) is 8.10. The van der Waals surface area contributed by atoms with Crippen LogP contribution < -0.4 is 14.8 Å². The Labute approximate surface area is 177 Å². The Morgan fingerprint density at radius 1 is 1.13 bits per heavy atom. The van der Waals surface area contributed by atoms with Crippen LogP contribution in [-0.4, -0.2) is 32.4 Å². The van der Waals surface area contributed by atoms with Gasteiger partial charge in [-0.3, -0.25) is 4.79 Å². The molecule has 160 valence electrons. The fourth-order valence-corrected chi connectivity index (χ4v) is 6.18. The maximum Gasteiger partial charge on any atom is 0.242 e. The van der Waals surface area contributed by atoms with Crippen molar-refractivity contribution in [2.45, 2.75) is 61.3 Å². The molecule has 2 heterocycles. The molecule has 3 atom stereocenters. The van der Waals surface area contributed by atoms with E-state index in [4.69, 9.17) is 9.47 Å². The fourth-order valence-electron chi connectivity index (χ4n) is 4.36. The van der Waals surface area contributed by atoms with Gasteiger partial charge in [0.1, 0.15) is 11.5 Å². The number of hydrogen-bond donors (Lipinski definition) is 1. The van der Waals surface area contributed by atoms with Crippen molar-refractivity contribution < 1.29 is 22.7 Å². The molecule has 30 heavy (non-hydrogen) atoms. The predicted molar refractivity (Wildman–Crippen MR) is 114 cm³/mol. The highest BCUT2D eigenvalue weighted by Crippen LogP contribution is 2.48. The monoisotopic (exact) mass is 429 g/mol. The topological polar surface area (TPSA) is 81.7 Å². The highest BCUT2D eigenvalue weighted by molar-refractivity contribution is 7.92. The zero-order valence-electron chi connectivity index (χ0n) is 17.9. The molecule has 6 nitrogen and oxygen atoms in total. The van der Waals surface area contributed by atoms with Gasteiger partial charge in [-0.25, -0.2) is 8.42 Å². The summed E-state index contributed by atoms with van der Waals surface area (Å²) in [7, 11) is -2.35. The van der Waals surface area contributed by atoms with Crippen molar-refractivity contribution in [2.75, 3.05) is 7.11 Å². The predicted octanol–water partition coefficient (Wildman–Crippen LogP) is 3.55. The summed E-state index contributed by atoms with van der Waals surface area (Å²) in [6.07, 6.45) is 0.377. The molecule has 0 spiro atoms. The van der Waals surface area contributed by atoms with E-state index < -0.39 is 32.6 Å². The molecular weight excluding hydrogens is 402 g/mol. The van der Waals surface area contributed by atoms with E-state index >= 15 is 0 Å². The molecule has 2 aromatic carbocycles. The van der Waals surface area contributed by atoms with Gasteiger partial charge in [0.05, 0.1) is 12.0 Å². The van der Waals surface area contributed by atoms with Crippen LogP contribution >= 0.6 is 0 Å². The lowest BCUT2D eigenvalue weighted by Crippen LogP contribution is -2.63. The van der Waals surface area contributed by atoms with E-state index in [1.165, 1.54) is 0 Å². The number of carbonyl (C=O) groups is 1. The Hall–Kier alpha value is -2.54. The van der Waals surface area contributed by atoms with E-state index in [2.05, 4.69) is 26.1 Å². The normalized spacial score (nSPS) is 25.7. The van der Waals surface area contributed by atoms with Gasteiger partial charge in [0.15, 0.2) is 20.8 Å². The summed E-state index contributed by atoms with van der Waals surface area (Å²) in [6, 6.07) is 12.1. The number of hydrogen-bond acceptors (Lipinski definition) is 5. The lowest BCUT2D eigenvalue weighted by atomic mass is 9.81. The standard InChI is InChI=1S/C23H27NO5S/c1-22(2,3)14-6-9-16(10-7-14)30(26,27)20-18-13-23(4,24-21(20)25)29-19-12-15(28-5)8-11-17(18)19/h6-12,18,20H,13H2,1-5H3,(H,24,25)/t18-,20-,23+/m1/s1. The minimum atomic E-state index is -3.91. The molecule has 1 N–H and O–H groups in total. The fraction of sp³-hybridized carbons (Fsp3) is 0.435. The van der Waals surface area contributed by atoms with Gasteiger partial charge >= 0.3 is 0 Å². The van der Waals surface area contributed by atoms with Crippen LogP contribution in [0.1, 0.15) is 51.2 Å². The zero-order valence-corrected chi connectivity index (χ0v) is 18.7. The van der Waals surface area contributed by atoms with Gasteiger partial charge in [-0.2, -0.15) is 0 Å². The van der Waals surface area contributed by atoms with Crippen molar-refractivity contribution in [3.63, 3.8) is 0 Å². The molecule has 4 rings (SSSR count). The Bertz CT molecular complexity index is 1100. The largest absolute Gasteiger partial charge is 0.497 e. The van der Waals surface area contributed by atoms with Crippen molar-refractivity contribution in [3.8, 4) is 11.5 Å². The minimum absolute atomic E-state index is 0.0922. The number of benzene rings is 2. The number of amides is 1. The molecule has 2 aliphatic rings. The van der Waals surface area contributed by atoms with Crippen LogP contribution in [0.15, 0.2) is 47.4 Å². The van der Waals surface area contributed by atoms with E-state index in [1.54, 1.807) is 44.4 Å². The number of methoxy groups -OCH3 is 1. The number of piperidine rings is 1. The van der Waals surface area contributed by atoms with E-state index in [1.807, 2.05) is 12.1 Å². The molecule has 0 radical (unpaired) electrons. The Kier molecular flexibility index (Phi) is 4.65. The van der Waals surface area contributed by atoms with Gasteiger partial charge in [0.2, 0.25) is 5.91 Å². The lowest BCUT2D eigenvalue weighted by molar-refractivity contribution is -0.132. The molecule has 2 bridgehead atoms. The first-order valence-corrected chi connectivity index (χ1v) is 11.5. The Morgan fingerprint density at radius 2 is 1.80 bits per heavy atom. The van der Waals surface area contributed by atoms with Crippen LogP contribution in [0.4, 0.5) is 0 Å². The van der Waals surface area contributed by atoms with Crippen LogP contribution in [0.5, 0.6) is 11.5 Å². The molecule has 1 amide bonds. The number of sulfone groups is 1. The van der Waals surface area contributed by atoms with Crippen LogP contribution in [-0.2, 0) is 20.0 Å². The van der Waals surface area contributed by atoms with Crippen molar-refractivity contribution in [1.82, 2.24) is 5.32 Å². The van der Waals surface area contributed by atoms with Crippen molar-refractivity contribution in [2.24, 2.45) is 0 Å². The van der Waals surface area contributed by atoms with Crippen LogP contribution in [0.2, 0.25) is 0 Å². The Morgan fingerprint density at radius 3 is 2.40 bits per heavy atom. The van der Waals surface area contributed by atoms with Gasteiger partial charge in [-0.1, -0.05) is 39.0 Å². The number of fused-ring (bicyclic) bond motifs is 4. The smallest absolute Gasteiger partial charge is 0.242 e. The summed E-state index contributed by atoms with van der Waals surface area (Å²) in [6.45, 7) is 7.97. The summed E-state index contributed by atoms with van der Waals surface area (Å²) in [5.74, 6) is 0.109. The van der Waals surface area contributed by atoms with Crippen molar-refractivity contribution in [3.05, 3.63) is 53.6 Å². The van der Waals surface area contributed by atoms with E-state index in [0.29, 0.717) is 23.5 Å². The average Bonchev–Trinajstić information content (AvgIpc) is 2.65. The zero-order chi connectivity index (χ0) is 21.9. The molecule has 0 aliphatic carbocycles. The summed E-state index contributed by atoms with van der Waals surface area (Å²) in [5.41, 5.74) is 0.697. The first kappa shape index (κ1) is 20.7. The maximum absolute atomic E-state index is 13.6. The van der Waals surface area contributed by atoms with Crippen LogP contribution in [0.3, 0.4) is 0 Å². The highest BCUT2D eigenvalue weighted by Gasteiger charge is 2.54. The first-order valence-electron chi connectivity index (χ1n) is 9.98. The quantitative estimate of drug-likeness (QED) is 0.807. The van der Waals surface area contributed by atoms with Crippen LogP contribution in [0.25, 0.3) is 0 Å². The molecule has 1 saturated heterocycles. The van der Waals surface area contributed by atoms with Gasteiger partial charge in [-0.05, 0) is 41.7 Å². The van der Waals surface area contributed by atoms with Gasteiger partial charge in [0.25, 0.3) is 0 Å². The minimum Gasteiger partial charge on any atom is -0.497 e. The van der Waals surface area contributed by atoms with Gasteiger partial charge < -0.3 is 14.8 Å². The molecule has 1 fully saturated rings. The van der Waals surface area contributed by atoms with Crippen molar-refractivity contribution in [1.29, 1.82) is 0 Å². The molecule has 0 aromatic heterocycles. The van der Waals surface area contributed by atoms with E-state index in [-0.39, 0.29) is 10.3 Å². The molecule has 0 unspecified atom stereocenters. The number of nitrogens with one attached hydrogen (secondary N) is 1. The lowest BCUT2D eigenvalue weighted by Gasteiger charge is -2.46. The van der Waals surface area contributed by atoms with Gasteiger partial charge in [-0.15, -0.1) is 0 Å². The molecule has 0 saturated carbocycles. The number of ether oxygens (including phenoxy) is 2. The third kappa shape index (κ3) is 3.35. The van der Waals surface area contributed by atoms with Crippen LogP contribution in [0, 0.1) is 0 Å². The van der Waals surface area contributed by atoms with E-state index in [9.17, 15) is 13.2 Å².